The van der Waals surface area contributed by atoms with Crippen molar-refractivity contribution in [1.82, 2.24) is 9.62 Å². The summed E-state index contributed by atoms with van der Waals surface area (Å²) in [6.07, 6.45) is 1.39. The molecule has 1 unspecified atom stereocenters. The van der Waals surface area contributed by atoms with Crippen molar-refractivity contribution >= 4 is 27.3 Å². The van der Waals surface area contributed by atoms with E-state index < -0.39 is 10.0 Å². The quantitative estimate of drug-likeness (QED) is 0.785. The Morgan fingerprint density at radius 1 is 1.38 bits per heavy atom. The Hall–Kier alpha value is -1.74. The van der Waals surface area contributed by atoms with Crippen LogP contribution < -0.4 is 11.1 Å². The third kappa shape index (κ3) is 4.15. The van der Waals surface area contributed by atoms with Crippen LogP contribution in [0.5, 0.6) is 0 Å². The lowest BCUT2D eigenvalue weighted by atomic mass is 10.1. The summed E-state index contributed by atoms with van der Waals surface area (Å²) in [5, 5.41) is 4.77. The van der Waals surface area contributed by atoms with Gasteiger partial charge in [-0.25, -0.2) is 8.42 Å². The van der Waals surface area contributed by atoms with Gasteiger partial charge in [0.1, 0.15) is 0 Å². The first-order chi connectivity index (χ1) is 12.4. The molecule has 0 saturated carbocycles. The molecular weight excluding hydrogens is 370 g/mol. The SMILES string of the molecule is CC(N)CCNC(=O)c1cccc(S(=O)(=O)N2CCc3sccc3C2)c1. The van der Waals surface area contributed by atoms with Crippen molar-refractivity contribution in [2.24, 2.45) is 5.73 Å². The number of hydrogen-bond donors (Lipinski definition) is 2. The summed E-state index contributed by atoms with van der Waals surface area (Å²) in [5.41, 5.74) is 7.07. The normalized spacial score (nSPS) is 16.1. The van der Waals surface area contributed by atoms with Gasteiger partial charge in [0.05, 0.1) is 4.90 Å². The molecule has 1 aromatic heterocycles. The highest BCUT2D eigenvalue weighted by Gasteiger charge is 2.29. The molecule has 0 spiro atoms. The van der Waals surface area contributed by atoms with E-state index in [-0.39, 0.29) is 16.8 Å². The first-order valence-corrected chi connectivity index (χ1v) is 10.9. The molecule has 0 aliphatic carbocycles. The Balaban J connectivity index is 1.75. The number of hydrogen-bond acceptors (Lipinski definition) is 5. The molecule has 6 nitrogen and oxygen atoms in total. The predicted molar refractivity (Wildman–Crippen MR) is 103 cm³/mol. The van der Waals surface area contributed by atoms with Gasteiger partial charge >= 0.3 is 0 Å². The largest absolute Gasteiger partial charge is 0.352 e. The molecule has 2 heterocycles. The molecule has 140 valence electrons. The Morgan fingerprint density at radius 2 is 2.19 bits per heavy atom. The molecule has 3 rings (SSSR count). The van der Waals surface area contributed by atoms with E-state index in [2.05, 4.69) is 5.32 Å². The first kappa shape index (κ1) is 19.0. The van der Waals surface area contributed by atoms with Crippen LogP contribution in [0.3, 0.4) is 0 Å². The molecule has 0 fully saturated rings. The smallest absolute Gasteiger partial charge is 0.251 e. The molecule has 26 heavy (non-hydrogen) atoms. The maximum absolute atomic E-state index is 13.0. The monoisotopic (exact) mass is 393 g/mol. The topological polar surface area (TPSA) is 92.5 Å². The second-order valence-corrected chi connectivity index (χ2v) is 9.45. The fourth-order valence-electron chi connectivity index (χ4n) is 2.89. The number of rotatable bonds is 6. The van der Waals surface area contributed by atoms with Crippen molar-refractivity contribution in [3.05, 3.63) is 51.7 Å². The maximum Gasteiger partial charge on any atom is 0.251 e. The second kappa shape index (κ2) is 7.87. The molecule has 1 atom stereocenters. The lowest BCUT2D eigenvalue weighted by Gasteiger charge is -2.26. The van der Waals surface area contributed by atoms with E-state index in [1.54, 1.807) is 23.5 Å². The molecule has 1 amide bonds. The first-order valence-electron chi connectivity index (χ1n) is 8.57. The number of carbonyl (C=O) groups is 1. The third-order valence-electron chi connectivity index (χ3n) is 4.39. The average Bonchev–Trinajstić information content (AvgIpc) is 3.09. The van der Waals surface area contributed by atoms with Gasteiger partial charge in [-0.05, 0) is 55.0 Å². The summed E-state index contributed by atoms with van der Waals surface area (Å²) in [4.78, 5) is 13.6. The van der Waals surface area contributed by atoms with Crippen LogP contribution in [0, 0.1) is 0 Å². The highest BCUT2D eigenvalue weighted by Crippen LogP contribution is 2.28. The van der Waals surface area contributed by atoms with Crippen molar-refractivity contribution in [2.75, 3.05) is 13.1 Å². The highest BCUT2D eigenvalue weighted by atomic mass is 32.2. The van der Waals surface area contributed by atoms with Gasteiger partial charge in [0.15, 0.2) is 0 Å². The summed E-state index contributed by atoms with van der Waals surface area (Å²) in [7, 11) is -3.63. The Morgan fingerprint density at radius 3 is 2.96 bits per heavy atom. The fourth-order valence-corrected chi connectivity index (χ4v) is 5.24. The summed E-state index contributed by atoms with van der Waals surface area (Å²) < 4.78 is 27.4. The molecule has 3 N–H and O–H groups in total. The minimum Gasteiger partial charge on any atom is -0.352 e. The van der Waals surface area contributed by atoms with Crippen LogP contribution >= 0.6 is 11.3 Å². The average molecular weight is 394 g/mol. The van der Waals surface area contributed by atoms with Crippen LogP contribution in [-0.4, -0.2) is 37.8 Å². The maximum atomic E-state index is 13.0. The number of nitrogens with one attached hydrogen (secondary N) is 1. The zero-order chi connectivity index (χ0) is 18.7. The van der Waals surface area contributed by atoms with Crippen molar-refractivity contribution in [1.29, 1.82) is 0 Å². The molecule has 1 aliphatic heterocycles. The number of thiophene rings is 1. The number of amides is 1. The van der Waals surface area contributed by atoms with Crippen LogP contribution in [0.2, 0.25) is 0 Å². The lowest BCUT2D eigenvalue weighted by molar-refractivity contribution is 0.0952. The van der Waals surface area contributed by atoms with Gasteiger partial charge < -0.3 is 11.1 Å². The van der Waals surface area contributed by atoms with Crippen LogP contribution in [-0.2, 0) is 23.0 Å². The number of fused-ring (bicyclic) bond motifs is 1. The van der Waals surface area contributed by atoms with E-state index in [0.29, 0.717) is 31.6 Å². The van der Waals surface area contributed by atoms with Gasteiger partial charge in [0.25, 0.3) is 5.91 Å². The second-order valence-electron chi connectivity index (χ2n) is 6.51. The van der Waals surface area contributed by atoms with Gasteiger partial charge in [-0.2, -0.15) is 4.31 Å². The summed E-state index contributed by atoms with van der Waals surface area (Å²) >= 11 is 1.67. The Labute approximate surface area is 158 Å². The number of benzene rings is 1. The van der Waals surface area contributed by atoms with E-state index >= 15 is 0 Å². The van der Waals surface area contributed by atoms with Crippen LogP contribution in [0.15, 0.2) is 40.6 Å². The van der Waals surface area contributed by atoms with E-state index in [4.69, 9.17) is 5.73 Å². The van der Waals surface area contributed by atoms with Crippen molar-refractivity contribution < 1.29 is 13.2 Å². The van der Waals surface area contributed by atoms with E-state index in [9.17, 15) is 13.2 Å². The van der Waals surface area contributed by atoms with Crippen LogP contribution in [0.4, 0.5) is 0 Å². The minimum atomic E-state index is -3.63. The molecule has 0 radical (unpaired) electrons. The van der Waals surface area contributed by atoms with Crippen LogP contribution in [0.1, 0.15) is 34.1 Å². The van der Waals surface area contributed by atoms with E-state index in [0.717, 1.165) is 12.0 Å². The molecule has 8 heteroatoms. The zero-order valence-corrected chi connectivity index (χ0v) is 16.3. The molecule has 0 saturated heterocycles. The van der Waals surface area contributed by atoms with Crippen LogP contribution in [0.25, 0.3) is 0 Å². The van der Waals surface area contributed by atoms with Gasteiger partial charge in [0, 0.05) is 36.1 Å². The fraction of sp³-hybridized carbons (Fsp3) is 0.389. The number of nitrogens with two attached hydrogens (primary N) is 1. The molecular formula is C18H23N3O3S2. The molecule has 0 bridgehead atoms. The lowest BCUT2D eigenvalue weighted by Crippen LogP contribution is -2.35. The van der Waals surface area contributed by atoms with Gasteiger partial charge in [-0.15, -0.1) is 11.3 Å². The van der Waals surface area contributed by atoms with Gasteiger partial charge in [0.2, 0.25) is 10.0 Å². The molecule has 1 aromatic carbocycles. The van der Waals surface area contributed by atoms with Gasteiger partial charge in [-0.3, -0.25) is 4.79 Å². The van der Waals surface area contributed by atoms with E-state index in [1.165, 1.54) is 21.3 Å². The zero-order valence-electron chi connectivity index (χ0n) is 14.6. The molecule has 2 aromatic rings. The number of carbonyl (C=O) groups excluding carboxylic acids is 1. The molecule has 1 aliphatic rings. The van der Waals surface area contributed by atoms with Crippen molar-refractivity contribution in [3.63, 3.8) is 0 Å². The Kier molecular flexibility index (Phi) is 5.76. The van der Waals surface area contributed by atoms with E-state index in [1.807, 2.05) is 18.4 Å². The van der Waals surface area contributed by atoms with Gasteiger partial charge in [-0.1, -0.05) is 6.07 Å². The highest BCUT2D eigenvalue weighted by molar-refractivity contribution is 7.89. The number of nitrogens with zero attached hydrogens (tertiary/aromatic N) is 1. The summed E-state index contributed by atoms with van der Waals surface area (Å²) in [5.74, 6) is -0.290. The van der Waals surface area contributed by atoms with Crippen molar-refractivity contribution in [2.45, 2.75) is 37.2 Å². The third-order valence-corrected chi connectivity index (χ3v) is 7.26. The standard InChI is InChI=1S/C18H23N3O3S2/c1-13(19)5-8-20-18(22)14-3-2-4-16(11-14)26(23,24)21-9-6-17-15(12-21)7-10-25-17/h2-4,7,10-11,13H,5-6,8-9,12,19H2,1H3,(H,20,22). The Bertz CT molecular complexity index is 891. The van der Waals surface area contributed by atoms with Crippen molar-refractivity contribution in [3.8, 4) is 0 Å². The summed E-state index contributed by atoms with van der Waals surface area (Å²) in [6.45, 7) is 3.17. The summed E-state index contributed by atoms with van der Waals surface area (Å²) in [6, 6.07) is 8.19. The number of sulfonamides is 1. The predicted octanol–water partition coefficient (Wildman–Crippen LogP) is 1.96. The minimum absolute atomic E-state index is 0.00288.